The lowest BCUT2D eigenvalue weighted by Gasteiger charge is -2.37. The second kappa shape index (κ2) is 23.1. The number of nitrogens with zero attached hydrogens (tertiary/aromatic N) is 4. The van der Waals surface area contributed by atoms with E-state index in [0.29, 0.717) is 39.4 Å². The van der Waals surface area contributed by atoms with E-state index in [-0.39, 0.29) is 42.4 Å². The molecule has 2 aliphatic carbocycles. The summed E-state index contributed by atoms with van der Waals surface area (Å²) in [6.07, 6.45) is 3.63. The first kappa shape index (κ1) is 48.9. The molecule has 2 saturated heterocycles. The minimum absolute atomic E-state index is 0.124. The van der Waals surface area contributed by atoms with E-state index < -0.39 is 11.2 Å². The lowest BCUT2D eigenvalue weighted by Crippen LogP contribution is -2.50. The molecule has 4 aromatic rings. The van der Waals surface area contributed by atoms with Crippen LogP contribution in [0.25, 0.3) is 0 Å². The van der Waals surface area contributed by atoms with E-state index in [4.69, 9.17) is 28.8 Å². The number of hydrogen-bond acceptors (Lipinski definition) is 11. The smallest absolute Gasteiger partial charge is 0.410 e. The van der Waals surface area contributed by atoms with E-state index in [1.165, 1.54) is 11.1 Å². The summed E-state index contributed by atoms with van der Waals surface area (Å²) < 4.78 is 28.5. The number of anilines is 2. The van der Waals surface area contributed by atoms with E-state index >= 15 is 0 Å². The number of phenolic OH excluding ortho intramolecular Hbond substituents is 1. The summed E-state index contributed by atoms with van der Waals surface area (Å²) in [7, 11) is 0. The summed E-state index contributed by atoms with van der Waals surface area (Å²) in [4.78, 5) is 32.2. The zero-order chi connectivity index (χ0) is 46.4. The highest BCUT2D eigenvalue weighted by Crippen LogP contribution is 2.31. The van der Waals surface area contributed by atoms with E-state index in [9.17, 15) is 14.7 Å². The van der Waals surface area contributed by atoms with Gasteiger partial charge in [-0.1, -0.05) is 60.7 Å². The van der Waals surface area contributed by atoms with Gasteiger partial charge in [0.25, 0.3) is 0 Å². The van der Waals surface area contributed by atoms with Gasteiger partial charge in [0.1, 0.15) is 28.8 Å². The Morgan fingerprint density at radius 2 is 0.908 bits per heavy atom. The summed E-state index contributed by atoms with van der Waals surface area (Å²) in [6, 6.07) is 35.8. The monoisotopic (exact) mass is 895 g/mol. The van der Waals surface area contributed by atoms with Crippen molar-refractivity contribution in [3.63, 3.8) is 0 Å². The predicted octanol–water partition coefficient (Wildman–Crippen LogP) is 9.05. The summed E-state index contributed by atoms with van der Waals surface area (Å²) in [6.45, 7) is 18.4. The molecule has 13 nitrogen and oxygen atoms in total. The Hall–Kier alpha value is -5.50. The number of aliphatic hydroxyl groups is 1. The van der Waals surface area contributed by atoms with Crippen LogP contribution in [0.1, 0.15) is 78.4 Å². The van der Waals surface area contributed by atoms with Crippen molar-refractivity contribution in [2.45, 2.75) is 116 Å². The lowest BCUT2D eigenvalue weighted by molar-refractivity contribution is -0.0778. The molecule has 65 heavy (non-hydrogen) atoms. The van der Waals surface area contributed by atoms with Gasteiger partial charge >= 0.3 is 12.2 Å². The zero-order valence-corrected chi connectivity index (χ0v) is 39.1. The molecule has 8 rings (SSSR count). The molecule has 2 heterocycles. The Labute approximate surface area is 385 Å². The van der Waals surface area contributed by atoms with Crippen LogP contribution in [-0.2, 0) is 32.2 Å². The van der Waals surface area contributed by atoms with Crippen LogP contribution in [-0.4, -0.2) is 120 Å². The highest BCUT2D eigenvalue weighted by Gasteiger charge is 2.32. The second-order valence-corrected chi connectivity index (χ2v) is 19.1. The van der Waals surface area contributed by atoms with Gasteiger partial charge in [-0.05, 0) is 114 Å². The third-order valence-corrected chi connectivity index (χ3v) is 11.4. The minimum Gasteiger partial charge on any atom is -0.508 e. The van der Waals surface area contributed by atoms with Crippen molar-refractivity contribution in [1.29, 1.82) is 0 Å². The molecule has 0 unspecified atom stereocenters. The fourth-order valence-electron chi connectivity index (χ4n) is 7.54. The number of carbonyl (C=O) groups excluding carboxylic acids is 2. The van der Waals surface area contributed by atoms with Crippen molar-refractivity contribution >= 4 is 23.6 Å². The SMILES string of the molecule is CC(C)(C)OC(=O)N1CCN(c2ccc(O)cc2)CC1.CC(C)(C)OC(=O)N1CCN(c2ccc(OC3CC(OCc4ccccc4)C3)cc2)CC1.OC1CC(OCc2ccccc2)C1. The Morgan fingerprint density at radius 1 is 0.523 bits per heavy atom. The highest BCUT2D eigenvalue weighted by molar-refractivity contribution is 5.69. The fourth-order valence-corrected chi connectivity index (χ4v) is 7.54. The van der Waals surface area contributed by atoms with Crippen molar-refractivity contribution < 1.29 is 43.5 Å². The maximum atomic E-state index is 12.2. The Morgan fingerprint density at radius 3 is 1.29 bits per heavy atom. The Balaban J connectivity index is 0.000000180. The molecule has 2 aliphatic heterocycles. The molecular formula is C52H70N4O9. The van der Waals surface area contributed by atoms with E-state index in [1.54, 1.807) is 21.9 Å². The molecule has 2 amide bonds. The molecule has 4 fully saturated rings. The molecule has 13 heteroatoms. The molecule has 2 saturated carbocycles. The van der Waals surface area contributed by atoms with E-state index in [0.717, 1.165) is 69.0 Å². The van der Waals surface area contributed by atoms with Gasteiger partial charge in [-0.3, -0.25) is 0 Å². The molecule has 4 aliphatic rings. The molecule has 352 valence electrons. The van der Waals surface area contributed by atoms with Crippen LogP contribution >= 0.6 is 0 Å². The van der Waals surface area contributed by atoms with Crippen LogP contribution < -0.4 is 14.5 Å². The third-order valence-electron chi connectivity index (χ3n) is 11.4. The number of aliphatic hydroxyl groups excluding tert-OH is 1. The number of carbonyl (C=O) groups is 2. The van der Waals surface area contributed by atoms with Gasteiger partial charge in [0.15, 0.2) is 0 Å². The molecule has 0 aromatic heterocycles. The van der Waals surface area contributed by atoms with Gasteiger partial charge in [0.2, 0.25) is 0 Å². The molecule has 0 spiro atoms. The predicted molar refractivity (Wildman–Crippen MR) is 254 cm³/mol. The first-order valence-electron chi connectivity index (χ1n) is 23.1. The highest BCUT2D eigenvalue weighted by atomic mass is 16.6. The maximum absolute atomic E-state index is 12.2. The number of aromatic hydroxyl groups is 1. The van der Waals surface area contributed by atoms with Crippen LogP contribution in [0.15, 0.2) is 109 Å². The van der Waals surface area contributed by atoms with Crippen molar-refractivity contribution in [3.05, 3.63) is 120 Å². The minimum atomic E-state index is -0.460. The normalized spacial score (nSPS) is 20.7. The largest absolute Gasteiger partial charge is 0.508 e. The van der Waals surface area contributed by atoms with E-state index in [1.807, 2.05) is 102 Å². The van der Waals surface area contributed by atoms with E-state index in [2.05, 4.69) is 46.2 Å². The summed E-state index contributed by atoms with van der Waals surface area (Å²) in [5.41, 5.74) is 3.71. The van der Waals surface area contributed by atoms with Gasteiger partial charge in [0.05, 0.1) is 31.5 Å². The van der Waals surface area contributed by atoms with Gasteiger partial charge in [-0.25, -0.2) is 9.59 Å². The Bertz CT molecular complexity index is 2010. The quantitative estimate of drug-likeness (QED) is 0.158. The maximum Gasteiger partial charge on any atom is 0.410 e. The molecule has 0 atom stereocenters. The van der Waals surface area contributed by atoms with Crippen LogP contribution in [0.3, 0.4) is 0 Å². The summed E-state index contributed by atoms with van der Waals surface area (Å²) in [5, 5.41) is 18.3. The van der Waals surface area contributed by atoms with Crippen LogP contribution in [0.2, 0.25) is 0 Å². The summed E-state index contributed by atoms with van der Waals surface area (Å²) >= 11 is 0. The molecular weight excluding hydrogens is 825 g/mol. The number of ether oxygens (including phenoxy) is 5. The lowest BCUT2D eigenvalue weighted by atomic mass is 9.92. The first-order chi connectivity index (χ1) is 31.0. The van der Waals surface area contributed by atoms with Gasteiger partial charge < -0.3 is 53.5 Å². The van der Waals surface area contributed by atoms with Crippen LogP contribution in [0.5, 0.6) is 11.5 Å². The first-order valence-corrected chi connectivity index (χ1v) is 23.1. The van der Waals surface area contributed by atoms with Gasteiger partial charge in [0, 0.05) is 76.6 Å². The number of benzene rings is 4. The van der Waals surface area contributed by atoms with Gasteiger partial charge in [-0.2, -0.15) is 0 Å². The Kier molecular flexibility index (Phi) is 17.4. The molecule has 4 aromatic carbocycles. The molecule has 2 N–H and O–H groups in total. The summed E-state index contributed by atoms with van der Waals surface area (Å²) in [5.74, 6) is 1.16. The van der Waals surface area contributed by atoms with Crippen LogP contribution in [0.4, 0.5) is 21.0 Å². The van der Waals surface area contributed by atoms with Crippen molar-refractivity contribution in [2.75, 3.05) is 62.2 Å². The average molecular weight is 895 g/mol. The second-order valence-electron chi connectivity index (χ2n) is 19.1. The van der Waals surface area contributed by atoms with Crippen molar-refractivity contribution in [2.24, 2.45) is 0 Å². The number of hydrogen-bond donors (Lipinski definition) is 2. The van der Waals surface area contributed by atoms with Crippen molar-refractivity contribution in [3.8, 4) is 11.5 Å². The van der Waals surface area contributed by atoms with Gasteiger partial charge in [-0.15, -0.1) is 0 Å². The zero-order valence-electron chi connectivity index (χ0n) is 39.1. The molecule has 0 bridgehead atoms. The number of phenols is 1. The third kappa shape index (κ3) is 16.5. The van der Waals surface area contributed by atoms with Crippen molar-refractivity contribution in [1.82, 2.24) is 9.80 Å². The molecule has 0 radical (unpaired) electrons. The average Bonchev–Trinajstić information content (AvgIpc) is 3.26. The number of rotatable bonds is 10. The fraction of sp³-hybridized carbons (Fsp3) is 0.500. The topological polar surface area (TPSA) is 134 Å². The number of amides is 2. The van der Waals surface area contributed by atoms with Crippen LogP contribution in [0, 0.1) is 0 Å². The standard InChI is InChI=1S/C26H34N2O4.C15H22N2O3.C11H14O2/c1-26(2,3)32-25(29)28-15-13-27(14-16-28)21-9-11-22(12-10-21)31-24-17-23(18-24)30-19-20-7-5-4-6-8-20;1-15(2,3)20-14(19)17-10-8-16(9-11-17)12-4-6-13(18)7-5-12;12-10-6-11(7-10)13-8-9-4-2-1-3-5-9/h4-12,23-24H,13-19H2,1-3H3;4-7,18H,8-11H2,1-3H3;1-5,10-12H,6-8H2. The number of piperazine rings is 2.